The molecule has 3 N–H and O–H groups in total. The Kier molecular flexibility index (Phi) is 25.8. The average molecular weight is 1250 g/mol. The van der Waals surface area contributed by atoms with Crippen LogP contribution < -0.4 is 10.6 Å². The van der Waals surface area contributed by atoms with E-state index in [1.807, 2.05) is 13.8 Å². The quantitative estimate of drug-likeness (QED) is 0.0535. The van der Waals surface area contributed by atoms with Gasteiger partial charge >= 0.3 is 15.5 Å². The van der Waals surface area contributed by atoms with Gasteiger partial charge in [0.2, 0.25) is 0 Å². The summed E-state index contributed by atoms with van der Waals surface area (Å²) in [4.78, 5) is 26.1. The van der Waals surface area contributed by atoms with Crippen molar-refractivity contribution in [3.8, 4) is 11.4 Å². The van der Waals surface area contributed by atoms with Gasteiger partial charge in [0.25, 0.3) is 11.8 Å². The molecule has 2 amide bonds. The van der Waals surface area contributed by atoms with Crippen molar-refractivity contribution in [1.29, 1.82) is 0 Å². The fraction of sp³-hybridized carbons (Fsp3) is 0.304. The van der Waals surface area contributed by atoms with Crippen LogP contribution in [0.25, 0.3) is 11.4 Å². The number of nitrogens with zero attached hydrogens (tertiary/aromatic N) is 4. The van der Waals surface area contributed by atoms with E-state index in [9.17, 15) is 41.0 Å². The summed E-state index contributed by atoms with van der Waals surface area (Å²) in [5.41, 5.74) is 1.76. The molecular formula is C46H46BBr3Cl4F6N6O4. The van der Waals surface area contributed by atoms with Crippen LogP contribution in [0.3, 0.4) is 0 Å². The summed E-state index contributed by atoms with van der Waals surface area (Å²) >= 11 is 30.7. The Morgan fingerprint density at radius 3 is 1.37 bits per heavy atom. The maximum atomic E-state index is 13.2. The second-order valence-electron chi connectivity index (χ2n) is 14.6. The van der Waals surface area contributed by atoms with E-state index in [4.69, 9.17) is 51.1 Å². The minimum atomic E-state index is -4.47. The van der Waals surface area contributed by atoms with Crippen LogP contribution in [-0.4, -0.2) is 52.1 Å². The topological polar surface area (TPSA) is 123 Å². The number of amides is 2. The molecule has 0 radical (unpaired) electrons. The van der Waals surface area contributed by atoms with Crippen LogP contribution in [0.4, 0.5) is 26.3 Å². The second-order valence-corrected chi connectivity index (χ2v) is 22.7. The largest absolute Gasteiger partial charge is 0.416 e. The molecule has 0 saturated carbocycles. The van der Waals surface area contributed by atoms with E-state index in [1.54, 1.807) is 65.3 Å². The normalized spacial score (nSPS) is 12.0. The molecule has 2 aromatic heterocycles. The SMILES string of the molecule is BrB(Br)Br.CCC[C@H](NC(=O)c1cnn(-c2ccc(Cl)cc2)c1CO)c1cccc(C(F)(F)F)c1.CCC[C@H](NC(=O)c1cnn(-c2ccc(Cl)cc2)c1COC)c1cccc(C(F)(F)F)c1.ClCCl. The fourth-order valence-electron chi connectivity index (χ4n) is 6.72. The molecule has 4 aromatic carbocycles. The third kappa shape index (κ3) is 18.8. The third-order valence-electron chi connectivity index (χ3n) is 9.80. The Balaban J connectivity index is 0.000000327. The fourth-order valence-corrected chi connectivity index (χ4v) is 6.97. The number of aliphatic hydroxyl groups excluding tert-OH is 1. The molecule has 70 heavy (non-hydrogen) atoms. The number of methoxy groups -OCH3 is 1. The molecule has 10 nitrogen and oxygen atoms in total. The van der Waals surface area contributed by atoms with Crippen LogP contribution in [0.15, 0.2) is 109 Å². The Morgan fingerprint density at radius 1 is 0.686 bits per heavy atom. The van der Waals surface area contributed by atoms with E-state index in [2.05, 4.69) is 68.1 Å². The number of hydrogen-bond donors (Lipinski definition) is 3. The predicted octanol–water partition coefficient (Wildman–Crippen LogP) is 14.8. The van der Waals surface area contributed by atoms with Gasteiger partial charge in [0.05, 0.1) is 88.0 Å². The van der Waals surface area contributed by atoms with Crippen LogP contribution >= 0.6 is 93.7 Å². The lowest BCUT2D eigenvalue weighted by atomic mass is 9.99. The Hall–Kier alpha value is -3.60. The van der Waals surface area contributed by atoms with E-state index >= 15 is 0 Å². The summed E-state index contributed by atoms with van der Waals surface area (Å²) in [6, 6.07) is 22.4. The van der Waals surface area contributed by atoms with Gasteiger partial charge in [-0.3, -0.25) is 9.59 Å². The zero-order valence-electron chi connectivity index (χ0n) is 37.4. The first-order valence-corrected chi connectivity index (χ1v) is 25.5. The molecule has 0 unspecified atom stereocenters. The summed E-state index contributed by atoms with van der Waals surface area (Å²) < 4.78 is 87.3. The number of carbonyl (C=O) groups excluding carboxylic acids is 2. The summed E-state index contributed by atoms with van der Waals surface area (Å²) in [5, 5.41) is 25.3. The highest BCUT2D eigenvalue weighted by atomic mass is 79.9. The molecule has 0 spiro atoms. The number of ether oxygens (including phenoxy) is 1. The number of benzene rings is 4. The number of aliphatic hydroxyl groups is 1. The Morgan fingerprint density at radius 2 is 1.04 bits per heavy atom. The van der Waals surface area contributed by atoms with Crippen LogP contribution in [0, 0.1) is 0 Å². The van der Waals surface area contributed by atoms with E-state index in [-0.39, 0.29) is 32.0 Å². The predicted molar refractivity (Wildman–Crippen MR) is 276 cm³/mol. The van der Waals surface area contributed by atoms with Gasteiger partial charge in [0.1, 0.15) is 0 Å². The lowest BCUT2D eigenvalue weighted by Crippen LogP contribution is -2.29. The molecule has 2 atom stereocenters. The van der Waals surface area contributed by atoms with Gasteiger partial charge in [-0.2, -0.15) is 36.5 Å². The van der Waals surface area contributed by atoms with Gasteiger partial charge in [-0.25, -0.2) is 9.36 Å². The number of rotatable bonds is 15. The maximum absolute atomic E-state index is 13.2. The van der Waals surface area contributed by atoms with Gasteiger partial charge in [-0.15, -0.1) is 70.5 Å². The van der Waals surface area contributed by atoms with Crippen LogP contribution in [0.2, 0.25) is 10.0 Å². The number of nitrogens with one attached hydrogen (secondary N) is 2. The summed E-state index contributed by atoms with van der Waals surface area (Å²) in [7, 11) is 1.50. The first-order chi connectivity index (χ1) is 33.1. The number of aromatic nitrogens is 4. The molecule has 378 valence electrons. The minimum absolute atomic E-state index is 0.118. The first-order valence-electron chi connectivity index (χ1n) is 20.9. The van der Waals surface area contributed by atoms with E-state index in [1.165, 1.54) is 36.3 Å². The molecule has 0 aliphatic rings. The first kappa shape index (κ1) is 60.7. The monoisotopic (exact) mass is 1250 g/mol. The average Bonchev–Trinajstić information content (AvgIpc) is 3.94. The van der Waals surface area contributed by atoms with E-state index < -0.39 is 54.0 Å². The van der Waals surface area contributed by atoms with Crippen LogP contribution in [0.1, 0.15) is 106 Å². The van der Waals surface area contributed by atoms with Gasteiger partial charge in [0, 0.05) is 17.2 Å². The lowest BCUT2D eigenvalue weighted by Gasteiger charge is -2.20. The second kappa shape index (κ2) is 29.8. The van der Waals surface area contributed by atoms with Crippen molar-refractivity contribution in [3.05, 3.63) is 164 Å². The smallest absolute Gasteiger partial charge is 0.390 e. The zero-order valence-corrected chi connectivity index (χ0v) is 45.2. The maximum Gasteiger partial charge on any atom is 0.416 e. The highest BCUT2D eigenvalue weighted by Gasteiger charge is 2.33. The van der Waals surface area contributed by atoms with Crippen LogP contribution in [0.5, 0.6) is 0 Å². The number of hydrogen-bond acceptors (Lipinski definition) is 6. The molecule has 0 saturated heterocycles. The molecule has 0 bridgehead atoms. The highest BCUT2D eigenvalue weighted by molar-refractivity contribution is 9.69. The summed E-state index contributed by atoms with van der Waals surface area (Å²) in [6.45, 7) is 3.45. The molecule has 0 aliphatic carbocycles. The van der Waals surface area contributed by atoms with Crippen molar-refractivity contribution < 1.29 is 45.8 Å². The number of halogens is 13. The zero-order chi connectivity index (χ0) is 52.2. The molecule has 0 aliphatic heterocycles. The summed E-state index contributed by atoms with van der Waals surface area (Å²) in [6.07, 6.45) is -3.92. The van der Waals surface area contributed by atoms with Crippen molar-refractivity contribution in [3.63, 3.8) is 0 Å². The Labute approximate surface area is 446 Å². The summed E-state index contributed by atoms with van der Waals surface area (Å²) in [5.74, 6) is -0.965. The van der Waals surface area contributed by atoms with Gasteiger partial charge < -0.3 is 20.5 Å². The molecule has 6 aromatic rings. The molecule has 2 heterocycles. The molecule has 6 rings (SSSR count). The molecule has 0 fully saturated rings. The highest BCUT2D eigenvalue weighted by Crippen LogP contribution is 2.33. The molecular weight excluding hydrogens is 1210 g/mol. The van der Waals surface area contributed by atoms with Gasteiger partial charge in [-0.05, 0) is 96.8 Å². The van der Waals surface area contributed by atoms with Gasteiger partial charge in [-0.1, -0.05) is 74.2 Å². The lowest BCUT2D eigenvalue weighted by molar-refractivity contribution is -0.138. The van der Waals surface area contributed by atoms with Crippen molar-refractivity contribution in [2.24, 2.45) is 0 Å². The van der Waals surface area contributed by atoms with Crippen molar-refractivity contribution in [2.75, 3.05) is 12.4 Å². The number of alkyl halides is 8. The molecule has 24 heteroatoms. The van der Waals surface area contributed by atoms with Crippen molar-refractivity contribution in [2.45, 2.75) is 77.2 Å². The Bertz CT molecular complexity index is 2560. The van der Waals surface area contributed by atoms with Gasteiger partial charge in [0.15, 0.2) is 0 Å². The van der Waals surface area contributed by atoms with Crippen LogP contribution in [-0.2, 0) is 30.3 Å². The number of carbonyl (C=O) groups is 2. The standard InChI is InChI=1S/C23H23ClF3N3O2.C22H21ClF3N3O2.CH2Cl2.BBr3/c1-3-5-20(15-6-4-7-16(12-15)23(25,26)27)29-22(31)19-13-28-30(21(19)14-32-2)18-10-8-17(24)9-11-18;1-2-4-19(14-5-3-6-15(11-14)22(24,25)26)28-21(31)18-12-27-29(20(18)13-30)17-9-7-16(23)8-10-17;2-1-3;2-1(3)4/h4,6-13,20H,3,5,14H2,1-2H3,(H,29,31);3,5-12,19,30H,2,4,13H2,1H3,(H,28,31);1H2;/t20-;19-;;/m00../s1. The third-order valence-corrected chi connectivity index (χ3v) is 10.3. The van der Waals surface area contributed by atoms with Crippen molar-refractivity contribution >= 4 is 109 Å². The minimum Gasteiger partial charge on any atom is -0.390 e. The van der Waals surface area contributed by atoms with Crippen molar-refractivity contribution in [1.82, 2.24) is 30.2 Å². The van der Waals surface area contributed by atoms with E-state index in [0.29, 0.717) is 63.9 Å². The van der Waals surface area contributed by atoms with E-state index in [0.717, 1.165) is 24.3 Å².